The molecule has 0 aliphatic rings. The predicted molar refractivity (Wildman–Crippen MR) is 42.1 cm³/mol. The van der Waals surface area contributed by atoms with Gasteiger partial charge in [0.05, 0.1) is 0 Å². The average molecular weight is 191 g/mol. The maximum atomic E-state index is 10.8. The van der Waals surface area contributed by atoms with Gasteiger partial charge in [-0.2, -0.15) is 0 Å². The Bertz CT molecular complexity index is 341. The molecule has 1 radical (unpaired) electrons. The SMILES string of the molecule is [CH2]Cc1nnc(S(C)(=O)=O)s1. The molecule has 4 nitrogen and oxygen atoms in total. The Morgan fingerprint density at radius 3 is 2.45 bits per heavy atom. The van der Waals surface area contributed by atoms with Crippen LogP contribution in [-0.2, 0) is 16.3 Å². The molecule has 0 bridgehead atoms. The Morgan fingerprint density at radius 1 is 1.55 bits per heavy atom. The predicted octanol–water partition coefficient (Wildman–Crippen LogP) is 0.318. The van der Waals surface area contributed by atoms with E-state index in [-0.39, 0.29) is 4.34 Å². The molecule has 1 rings (SSSR count). The summed E-state index contributed by atoms with van der Waals surface area (Å²) in [6.07, 6.45) is 1.59. The van der Waals surface area contributed by atoms with E-state index in [1.807, 2.05) is 0 Å². The van der Waals surface area contributed by atoms with Crippen molar-refractivity contribution < 1.29 is 8.42 Å². The van der Waals surface area contributed by atoms with Gasteiger partial charge in [0, 0.05) is 12.7 Å². The summed E-state index contributed by atoms with van der Waals surface area (Å²) >= 11 is 1.07. The maximum absolute atomic E-state index is 10.8. The molecule has 0 unspecified atom stereocenters. The summed E-state index contributed by atoms with van der Waals surface area (Å²) in [6, 6.07) is 0. The zero-order chi connectivity index (χ0) is 8.48. The average Bonchev–Trinajstić information content (AvgIpc) is 2.32. The van der Waals surface area contributed by atoms with Crippen molar-refractivity contribution >= 4 is 21.2 Å². The van der Waals surface area contributed by atoms with Crippen molar-refractivity contribution in [2.45, 2.75) is 10.8 Å². The van der Waals surface area contributed by atoms with Gasteiger partial charge in [0.15, 0.2) is 0 Å². The molecule has 0 aliphatic carbocycles. The number of rotatable bonds is 2. The lowest BCUT2D eigenvalue weighted by atomic mass is 10.5. The van der Waals surface area contributed by atoms with Crippen molar-refractivity contribution in [2.24, 2.45) is 0 Å². The van der Waals surface area contributed by atoms with Crippen LogP contribution in [0.15, 0.2) is 4.34 Å². The molecule has 0 N–H and O–H groups in total. The lowest BCUT2D eigenvalue weighted by molar-refractivity contribution is 0.600. The summed E-state index contributed by atoms with van der Waals surface area (Å²) < 4.78 is 21.8. The lowest BCUT2D eigenvalue weighted by Crippen LogP contribution is -1.95. The molecule has 0 amide bonds. The third-order valence-electron chi connectivity index (χ3n) is 0.979. The third kappa shape index (κ3) is 1.97. The standard InChI is InChI=1S/C5H7N2O2S2/c1-3-4-6-7-5(10-4)11(2,8)9/h1,3H2,2H3. The van der Waals surface area contributed by atoms with Crippen molar-refractivity contribution in [1.29, 1.82) is 0 Å². The molecule has 1 aromatic rings. The first-order valence-electron chi connectivity index (χ1n) is 2.85. The second-order valence-corrected chi connectivity index (χ2v) is 5.24. The minimum atomic E-state index is -3.17. The highest BCUT2D eigenvalue weighted by molar-refractivity contribution is 7.92. The molecule has 1 aromatic heterocycles. The second-order valence-electron chi connectivity index (χ2n) is 1.98. The quantitative estimate of drug-likeness (QED) is 0.675. The molecule has 0 saturated heterocycles. The van der Waals surface area contributed by atoms with Gasteiger partial charge < -0.3 is 0 Å². The van der Waals surface area contributed by atoms with E-state index in [9.17, 15) is 8.42 Å². The van der Waals surface area contributed by atoms with Crippen LogP contribution in [-0.4, -0.2) is 24.9 Å². The molecule has 61 valence electrons. The summed E-state index contributed by atoms with van der Waals surface area (Å²) in [5, 5.41) is 7.77. The van der Waals surface area contributed by atoms with E-state index in [0.29, 0.717) is 11.4 Å². The molecule has 0 atom stereocenters. The minimum absolute atomic E-state index is 0.0659. The first kappa shape index (κ1) is 8.61. The summed E-state index contributed by atoms with van der Waals surface area (Å²) in [5.41, 5.74) is 0. The largest absolute Gasteiger partial charge is 0.232 e. The van der Waals surface area contributed by atoms with Gasteiger partial charge in [0.1, 0.15) is 5.01 Å². The molecule has 11 heavy (non-hydrogen) atoms. The Balaban J connectivity index is 3.09. The Labute approximate surface area is 69.2 Å². The van der Waals surface area contributed by atoms with Gasteiger partial charge in [-0.25, -0.2) is 8.42 Å². The molecule has 1 heterocycles. The number of sulfone groups is 1. The molecule has 0 saturated carbocycles. The lowest BCUT2D eigenvalue weighted by Gasteiger charge is -1.84. The normalized spacial score (nSPS) is 11.8. The van der Waals surface area contributed by atoms with Gasteiger partial charge in [-0.15, -0.1) is 10.2 Å². The van der Waals surface area contributed by atoms with E-state index in [4.69, 9.17) is 0 Å². The fraction of sp³-hybridized carbons (Fsp3) is 0.400. The molecule has 0 aromatic carbocycles. The highest BCUT2D eigenvalue weighted by Gasteiger charge is 2.12. The Kier molecular flexibility index (Phi) is 2.24. The molecular weight excluding hydrogens is 184 g/mol. The van der Waals surface area contributed by atoms with Crippen molar-refractivity contribution in [3.63, 3.8) is 0 Å². The van der Waals surface area contributed by atoms with Crippen LogP contribution in [0.5, 0.6) is 0 Å². The van der Waals surface area contributed by atoms with E-state index in [2.05, 4.69) is 17.1 Å². The highest BCUT2D eigenvalue weighted by Crippen LogP contribution is 2.14. The first-order chi connectivity index (χ1) is 5.04. The van der Waals surface area contributed by atoms with Crippen LogP contribution in [0.4, 0.5) is 0 Å². The van der Waals surface area contributed by atoms with Crippen LogP contribution < -0.4 is 0 Å². The smallest absolute Gasteiger partial charge is 0.221 e. The first-order valence-corrected chi connectivity index (χ1v) is 5.56. The van der Waals surface area contributed by atoms with Gasteiger partial charge in [-0.3, -0.25) is 0 Å². The van der Waals surface area contributed by atoms with Gasteiger partial charge in [-0.1, -0.05) is 11.3 Å². The molecule has 0 spiro atoms. The van der Waals surface area contributed by atoms with Crippen LogP contribution >= 0.6 is 11.3 Å². The van der Waals surface area contributed by atoms with E-state index >= 15 is 0 Å². The van der Waals surface area contributed by atoms with Crippen molar-refractivity contribution in [1.82, 2.24) is 10.2 Å². The summed E-state index contributed by atoms with van der Waals surface area (Å²) in [7, 11) is -3.17. The number of hydrogen-bond donors (Lipinski definition) is 0. The zero-order valence-corrected chi connectivity index (χ0v) is 7.57. The van der Waals surface area contributed by atoms with Crippen LogP contribution in [0, 0.1) is 6.92 Å². The topological polar surface area (TPSA) is 59.9 Å². The second kappa shape index (κ2) is 2.86. The summed E-state index contributed by atoms with van der Waals surface area (Å²) in [4.78, 5) is 0. The number of hydrogen-bond acceptors (Lipinski definition) is 5. The minimum Gasteiger partial charge on any atom is -0.221 e. The maximum Gasteiger partial charge on any atom is 0.232 e. The summed E-state index contributed by atoms with van der Waals surface area (Å²) in [6.45, 7) is 3.56. The van der Waals surface area contributed by atoms with Crippen molar-refractivity contribution in [3.8, 4) is 0 Å². The monoisotopic (exact) mass is 191 g/mol. The Morgan fingerprint density at radius 2 is 2.18 bits per heavy atom. The number of nitrogens with zero attached hydrogens (tertiary/aromatic N) is 2. The molecular formula is C5H7N2O2S2. The van der Waals surface area contributed by atoms with E-state index in [1.165, 1.54) is 0 Å². The van der Waals surface area contributed by atoms with Crippen molar-refractivity contribution in [3.05, 3.63) is 11.9 Å². The fourth-order valence-electron chi connectivity index (χ4n) is 0.489. The van der Waals surface area contributed by atoms with Crippen LogP contribution in [0.2, 0.25) is 0 Å². The van der Waals surface area contributed by atoms with E-state index in [1.54, 1.807) is 0 Å². The van der Waals surface area contributed by atoms with Crippen LogP contribution in [0.25, 0.3) is 0 Å². The van der Waals surface area contributed by atoms with Gasteiger partial charge in [-0.05, 0) is 6.92 Å². The zero-order valence-electron chi connectivity index (χ0n) is 5.94. The van der Waals surface area contributed by atoms with Crippen LogP contribution in [0.1, 0.15) is 5.01 Å². The third-order valence-corrected chi connectivity index (χ3v) is 3.63. The van der Waals surface area contributed by atoms with Crippen molar-refractivity contribution in [2.75, 3.05) is 6.26 Å². The molecule has 0 fully saturated rings. The van der Waals surface area contributed by atoms with Gasteiger partial charge in [0.2, 0.25) is 14.2 Å². The summed E-state index contributed by atoms with van der Waals surface area (Å²) in [5.74, 6) is 0. The molecule has 6 heteroatoms. The van der Waals surface area contributed by atoms with E-state index < -0.39 is 9.84 Å². The Hall–Kier alpha value is -0.490. The van der Waals surface area contributed by atoms with Gasteiger partial charge >= 0.3 is 0 Å². The fourth-order valence-corrected chi connectivity index (χ4v) is 2.04. The van der Waals surface area contributed by atoms with E-state index in [0.717, 1.165) is 17.6 Å². The van der Waals surface area contributed by atoms with Crippen LogP contribution in [0.3, 0.4) is 0 Å². The molecule has 0 aliphatic heterocycles. The highest BCUT2D eigenvalue weighted by atomic mass is 32.2. The number of aromatic nitrogens is 2. The van der Waals surface area contributed by atoms with Gasteiger partial charge in [0.25, 0.3) is 0 Å².